The van der Waals surface area contributed by atoms with Crippen LogP contribution in [0.2, 0.25) is 0 Å². The van der Waals surface area contributed by atoms with Crippen molar-refractivity contribution in [1.82, 2.24) is 0 Å². The van der Waals surface area contributed by atoms with Gasteiger partial charge in [-0.05, 0) is 67.8 Å². The fourth-order valence-corrected chi connectivity index (χ4v) is 4.81. The second-order valence-corrected chi connectivity index (χ2v) is 9.02. The van der Waals surface area contributed by atoms with Crippen LogP contribution < -0.4 is 0 Å². The quantitative estimate of drug-likeness (QED) is 0.241. The van der Waals surface area contributed by atoms with Gasteiger partial charge in [-0.15, -0.1) is 0 Å². The van der Waals surface area contributed by atoms with Gasteiger partial charge in [0.2, 0.25) is 0 Å². The molecule has 6 aromatic rings. The van der Waals surface area contributed by atoms with Crippen LogP contribution in [0.3, 0.4) is 0 Å². The highest BCUT2D eigenvalue weighted by Crippen LogP contribution is 2.38. The van der Waals surface area contributed by atoms with Gasteiger partial charge in [-0.25, -0.2) is 0 Å². The molecule has 0 N–H and O–H groups in total. The average Bonchev–Trinajstić information content (AvgIpc) is 2.98. The second-order valence-electron chi connectivity index (χ2n) is 9.02. The minimum absolute atomic E-state index is 1.22. The molecule has 0 aliphatic heterocycles. The van der Waals surface area contributed by atoms with E-state index in [4.69, 9.17) is 0 Å². The predicted molar refractivity (Wildman–Crippen MR) is 154 cm³/mol. The van der Waals surface area contributed by atoms with Crippen LogP contribution in [0.25, 0.3) is 55.6 Å². The normalized spacial score (nSPS) is 10.8. The Labute approximate surface area is 213 Å². The van der Waals surface area contributed by atoms with E-state index in [1.54, 1.807) is 0 Å². The van der Waals surface area contributed by atoms with Gasteiger partial charge in [-0.2, -0.15) is 0 Å². The molecule has 0 heteroatoms. The van der Waals surface area contributed by atoms with Gasteiger partial charge < -0.3 is 0 Å². The van der Waals surface area contributed by atoms with Gasteiger partial charge in [-0.3, -0.25) is 0 Å². The van der Waals surface area contributed by atoms with Crippen LogP contribution in [0.5, 0.6) is 0 Å². The van der Waals surface area contributed by atoms with Gasteiger partial charge >= 0.3 is 0 Å². The molecule has 36 heavy (non-hydrogen) atoms. The molecule has 0 atom stereocenters. The highest BCUT2D eigenvalue weighted by molar-refractivity contribution is 5.89. The summed E-state index contributed by atoms with van der Waals surface area (Å²) in [6, 6.07) is 56.4. The minimum atomic E-state index is 1.22. The van der Waals surface area contributed by atoms with Crippen LogP contribution in [0.4, 0.5) is 0 Å². The van der Waals surface area contributed by atoms with E-state index in [0.29, 0.717) is 0 Å². The predicted octanol–water partition coefficient (Wildman–Crippen LogP) is 10.0. The molecule has 0 fully saturated rings. The Kier molecular flexibility index (Phi) is 6.00. The zero-order valence-electron chi connectivity index (χ0n) is 20.0. The summed E-state index contributed by atoms with van der Waals surface area (Å²) in [7, 11) is 0. The summed E-state index contributed by atoms with van der Waals surface area (Å²) in [4.78, 5) is 0. The topological polar surface area (TPSA) is 0 Å². The Morgan fingerprint density at radius 3 is 1.17 bits per heavy atom. The lowest BCUT2D eigenvalue weighted by molar-refractivity contribution is 1.55. The molecule has 0 heterocycles. The maximum absolute atomic E-state index is 2.33. The zero-order valence-corrected chi connectivity index (χ0v) is 20.0. The van der Waals surface area contributed by atoms with Crippen molar-refractivity contribution in [1.29, 1.82) is 0 Å². The summed E-state index contributed by atoms with van der Waals surface area (Å²) in [5, 5.41) is 0. The van der Waals surface area contributed by atoms with Crippen molar-refractivity contribution in [2.75, 3.05) is 0 Å². The zero-order chi connectivity index (χ0) is 24.2. The van der Waals surface area contributed by atoms with E-state index in [9.17, 15) is 0 Å². The standard InChI is InChI=1S/C36H26/c1-4-11-27(12-5-1)30-19-21-31(22-20-30)35-24-23-33(29-15-8-3-9-16-29)26-36(35)34-18-10-17-32(25-34)28-13-6-2-7-14-28/h1-26H. The van der Waals surface area contributed by atoms with E-state index in [0.717, 1.165) is 0 Å². The van der Waals surface area contributed by atoms with Crippen molar-refractivity contribution >= 4 is 0 Å². The van der Waals surface area contributed by atoms with Gasteiger partial charge in [-0.1, -0.05) is 146 Å². The molecule has 0 aliphatic carbocycles. The Morgan fingerprint density at radius 1 is 0.194 bits per heavy atom. The first-order valence-corrected chi connectivity index (χ1v) is 12.4. The lowest BCUT2D eigenvalue weighted by atomic mass is 9.89. The molecule has 0 spiro atoms. The van der Waals surface area contributed by atoms with Crippen molar-refractivity contribution in [3.63, 3.8) is 0 Å². The van der Waals surface area contributed by atoms with Crippen molar-refractivity contribution in [3.05, 3.63) is 158 Å². The molecule has 0 saturated heterocycles. The summed E-state index contributed by atoms with van der Waals surface area (Å²) >= 11 is 0. The Balaban J connectivity index is 1.48. The van der Waals surface area contributed by atoms with Gasteiger partial charge in [0, 0.05) is 0 Å². The van der Waals surface area contributed by atoms with Crippen molar-refractivity contribution in [2.45, 2.75) is 0 Å². The number of rotatable bonds is 5. The van der Waals surface area contributed by atoms with Crippen LogP contribution in [-0.2, 0) is 0 Å². The smallest absolute Gasteiger partial charge is 0.00990 e. The van der Waals surface area contributed by atoms with E-state index in [1.165, 1.54) is 55.6 Å². The third-order valence-corrected chi connectivity index (χ3v) is 6.71. The molecule has 0 saturated carbocycles. The van der Waals surface area contributed by atoms with Crippen LogP contribution >= 0.6 is 0 Å². The van der Waals surface area contributed by atoms with Crippen LogP contribution in [-0.4, -0.2) is 0 Å². The molecule has 170 valence electrons. The summed E-state index contributed by atoms with van der Waals surface area (Å²) < 4.78 is 0. The van der Waals surface area contributed by atoms with E-state index >= 15 is 0 Å². The Hall–Kier alpha value is -4.68. The van der Waals surface area contributed by atoms with Crippen LogP contribution in [0, 0.1) is 0 Å². The molecule has 0 bridgehead atoms. The van der Waals surface area contributed by atoms with Crippen molar-refractivity contribution in [2.24, 2.45) is 0 Å². The number of benzene rings is 6. The number of hydrogen-bond donors (Lipinski definition) is 0. The molecular formula is C36H26. The molecule has 0 amide bonds. The summed E-state index contributed by atoms with van der Waals surface area (Å²) in [6.07, 6.45) is 0. The fraction of sp³-hybridized carbons (Fsp3) is 0. The second kappa shape index (κ2) is 9.90. The van der Waals surface area contributed by atoms with Gasteiger partial charge in [0.1, 0.15) is 0 Å². The molecule has 0 unspecified atom stereocenters. The third-order valence-electron chi connectivity index (χ3n) is 6.71. The molecule has 0 aliphatic rings. The Morgan fingerprint density at radius 2 is 0.583 bits per heavy atom. The first-order chi connectivity index (χ1) is 17.8. The first kappa shape index (κ1) is 21.8. The maximum atomic E-state index is 2.33. The van der Waals surface area contributed by atoms with Gasteiger partial charge in [0.15, 0.2) is 0 Å². The number of hydrogen-bond acceptors (Lipinski definition) is 0. The molecule has 6 aromatic carbocycles. The molecule has 0 aromatic heterocycles. The summed E-state index contributed by atoms with van der Waals surface area (Å²) in [5.74, 6) is 0. The maximum Gasteiger partial charge on any atom is -0.00990 e. The largest absolute Gasteiger partial charge is 0.0622 e. The fourth-order valence-electron chi connectivity index (χ4n) is 4.81. The van der Waals surface area contributed by atoms with Crippen LogP contribution in [0.1, 0.15) is 0 Å². The van der Waals surface area contributed by atoms with E-state index < -0.39 is 0 Å². The minimum Gasteiger partial charge on any atom is -0.0622 e. The van der Waals surface area contributed by atoms with E-state index in [2.05, 4.69) is 158 Å². The van der Waals surface area contributed by atoms with Crippen LogP contribution in [0.15, 0.2) is 158 Å². The highest BCUT2D eigenvalue weighted by Gasteiger charge is 2.11. The average molecular weight is 459 g/mol. The van der Waals surface area contributed by atoms with Gasteiger partial charge in [0.25, 0.3) is 0 Å². The van der Waals surface area contributed by atoms with E-state index in [-0.39, 0.29) is 0 Å². The Bertz CT molecular complexity index is 1580. The van der Waals surface area contributed by atoms with Gasteiger partial charge in [0.05, 0.1) is 0 Å². The molecular weight excluding hydrogens is 432 g/mol. The lowest BCUT2D eigenvalue weighted by Gasteiger charge is -2.15. The summed E-state index contributed by atoms with van der Waals surface area (Å²) in [6.45, 7) is 0. The molecule has 6 rings (SSSR count). The summed E-state index contributed by atoms with van der Waals surface area (Å²) in [5.41, 5.74) is 12.3. The first-order valence-electron chi connectivity index (χ1n) is 12.4. The molecule has 0 nitrogen and oxygen atoms in total. The monoisotopic (exact) mass is 458 g/mol. The SMILES string of the molecule is c1ccc(-c2ccc(-c3ccc(-c4ccccc4)cc3-c3cccc(-c4ccccc4)c3)cc2)cc1. The van der Waals surface area contributed by atoms with Crippen molar-refractivity contribution < 1.29 is 0 Å². The molecule has 0 radical (unpaired) electrons. The van der Waals surface area contributed by atoms with Crippen molar-refractivity contribution in [3.8, 4) is 55.6 Å². The van der Waals surface area contributed by atoms with E-state index in [1.807, 2.05) is 0 Å². The lowest BCUT2D eigenvalue weighted by Crippen LogP contribution is -1.89. The highest BCUT2D eigenvalue weighted by atomic mass is 14.2. The third kappa shape index (κ3) is 4.50.